The molecule has 9 nitrogen and oxygen atoms in total. The zero-order valence-electron chi connectivity index (χ0n) is 14.9. The number of hydrogen-bond acceptors (Lipinski definition) is 7. The smallest absolute Gasteiger partial charge is 0.269 e. The lowest BCUT2D eigenvalue weighted by Gasteiger charge is -2.33. The number of carbonyl (C=O) groups excluding carboxylic acids is 1. The maximum atomic E-state index is 12.6. The first kappa shape index (κ1) is 17.7. The van der Waals surface area contributed by atoms with E-state index in [9.17, 15) is 14.9 Å². The van der Waals surface area contributed by atoms with Crippen LogP contribution in [0.1, 0.15) is 10.4 Å². The topological polar surface area (TPSA) is 106 Å². The van der Waals surface area contributed by atoms with Crippen molar-refractivity contribution in [2.75, 3.05) is 31.1 Å². The molecule has 1 aliphatic rings. The molecule has 2 aromatic carbocycles. The van der Waals surface area contributed by atoms with Crippen LogP contribution in [0.25, 0.3) is 11.5 Å². The number of nitrogens with zero attached hydrogens (tertiary/aromatic N) is 5. The number of non-ortho nitro benzene ring substituents is 1. The van der Waals surface area contributed by atoms with Crippen molar-refractivity contribution in [3.63, 3.8) is 0 Å². The van der Waals surface area contributed by atoms with Crippen LogP contribution in [0.15, 0.2) is 59.1 Å². The Balaban J connectivity index is 1.39. The molecule has 0 aliphatic carbocycles. The predicted molar refractivity (Wildman–Crippen MR) is 101 cm³/mol. The van der Waals surface area contributed by atoms with Crippen molar-refractivity contribution in [2.24, 2.45) is 0 Å². The molecule has 4 rings (SSSR count). The van der Waals surface area contributed by atoms with E-state index in [2.05, 4.69) is 10.1 Å². The van der Waals surface area contributed by atoms with Gasteiger partial charge in [0, 0.05) is 49.4 Å². The number of aromatic nitrogens is 2. The summed E-state index contributed by atoms with van der Waals surface area (Å²) >= 11 is 0. The zero-order chi connectivity index (χ0) is 19.5. The van der Waals surface area contributed by atoms with Crippen molar-refractivity contribution in [3.05, 3.63) is 70.3 Å². The minimum absolute atomic E-state index is 0.0345. The first-order valence-electron chi connectivity index (χ1n) is 8.79. The molecule has 0 atom stereocenters. The van der Waals surface area contributed by atoms with Gasteiger partial charge in [0.1, 0.15) is 0 Å². The second-order valence-electron chi connectivity index (χ2n) is 6.35. The summed E-state index contributed by atoms with van der Waals surface area (Å²) in [6.07, 6.45) is 0. The van der Waals surface area contributed by atoms with Gasteiger partial charge < -0.3 is 14.3 Å². The quantitative estimate of drug-likeness (QED) is 0.507. The summed E-state index contributed by atoms with van der Waals surface area (Å²) in [4.78, 5) is 31.0. The number of benzene rings is 2. The van der Waals surface area contributed by atoms with Gasteiger partial charge in [-0.3, -0.25) is 14.9 Å². The molecule has 1 fully saturated rings. The van der Waals surface area contributed by atoms with Gasteiger partial charge in [0.25, 0.3) is 23.4 Å². The van der Waals surface area contributed by atoms with Gasteiger partial charge in [-0.05, 0) is 29.4 Å². The average Bonchev–Trinajstić information content (AvgIpc) is 3.24. The molecular weight excluding hydrogens is 362 g/mol. The van der Waals surface area contributed by atoms with Gasteiger partial charge in [0.2, 0.25) is 0 Å². The van der Waals surface area contributed by atoms with Crippen LogP contribution in [0.2, 0.25) is 0 Å². The Morgan fingerprint density at radius 3 is 2.32 bits per heavy atom. The molecule has 0 unspecified atom stereocenters. The number of nitro groups is 1. The van der Waals surface area contributed by atoms with E-state index in [4.69, 9.17) is 4.52 Å². The number of anilines is 1. The zero-order valence-corrected chi connectivity index (χ0v) is 14.9. The summed E-state index contributed by atoms with van der Waals surface area (Å²) in [5.41, 5.74) is 1.26. The van der Waals surface area contributed by atoms with Crippen LogP contribution >= 0.6 is 0 Å². The molecule has 0 N–H and O–H groups in total. The monoisotopic (exact) mass is 379 g/mol. The third-order valence-electron chi connectivity index (χ3n) is 4.61. The second-order valence-corrected chi connectivity index (χ2v) is 6.35. The highest BCUT2D eigenvalue weighted by molar-refractivity contribution is 5.94. The van der Waals surface area contributed by atoms with Crippen LogP contribution in [-0.2, 0) is 0 Å². The first-order chi connectivity index (χ1) is 13.6. The fraction of sp³-hybridized carbons (Fsp3) is 0.211. The van der Waals surface area contributed by atoms with Crippen molar-refractivity contribution in [2.45, 2.75) is 0 Å². The van der Waals surface area contributed by atoms with Crippen molar-refractivity contribution in [1.29, 1.82) is 0 Å². The molecule has 1 saturated heterocycles. The van der Waals surface area contributed by atoms with E-state index in [-0.39, 0.29) is 11.6 Å². The van der Waals surface area contributed by atoms with Crippen LogP contribution in [0.5, 0.6) is 0 Å². The Hall–Kier alpha value is -3.75. The van der Waals surface area contributed by atoms with Gasteiger partial charge in [-0.2, -0.15) is 4.98 Å². The number of piperazine rings is 1. The lowest BCUT2D eigenvalue weighted by Crippen LogP contribution is -2.49. The van der Waals surface area contributed by atoms with E-state index in [1.54, 1.807) is 4.90 Å². The Bertz CT molecular complexity index is 979. The molecule has 2 heterocycles. The van der Waals surface area contributed by atoms with Crippen LogP contribution in [0.3, 0.4) is 0 Å². The molecule has 1 amide bonds. The van der Waals surface area contributed by atoms with Gasteiger partial charge in [-0.15, -0.1) is 0 Å². The average molecular weight is 379 g/mol. The molecule has 1 aliphatic heterocycles. The maximum Gasteiger partial charge on any atom is 0.269 e. The van der Waals surface area contributed by atoms with E-state index in [0.717, 1.165) is 5.56 Å². The highest BCUT2D eigenvalue weighted by atomic mass is 16.6. The predicted octanol–water partition coefficient (Wildman–Crippen LogP) is 2.61. The lowest BCUT2D eigenvalue weighted by molar-refractivity contribution is -0.384. The molecular formula is C19H17N5O4. The van der Waals surface area contributed by atoms with Crippen molar-refractivity contribution in [3.8, 4) is 11.5 Å². The van der Waals surface area contributed by atoms with E-state index < -0.39 is 4.92 Å². The van der Waals surface area contributed by atoms with Gasteiger partial charge in [0.15, 0.2) is 0 Å². The third kappa shape index (κ3) is 3.54. The molecule has 0 radical (unpaired) electrons. The lowest BCUT2D eigenvalue weighted by atomic mass is 10.1. The molecule has 28 heavy (non-hydrogen) atoms. The highest BCUT2D eigenvalue weighted by Gasteiger charge is 2.25. The Morgan fingerprint density at radius 2 is 1.68 bits per heavy atom. The van der Waals surface area contributed by atoms with Crippen molar-refractivity contribution < 1.29 is 14.2 Å². The third-order valence-corrected chi connectivity index (χ3v) is 4.61. The van der Waals surface area contributed by atoms with E-state index in [1.807, 2.05) is 35.2 Å². The Kier molecular flexibility index (Phi) is 4.71. The summed E-state index contributed by atoms with van der Waals surface area (Å²) in [6, 6.07) is 15.2. The van der Waals surface area contributed by atoms with E-state index in [0.29, 0.717) is 43.6 Å². The van der Waals surface area contributed by atoms with Crippen LogP contribution in [-0.4, -0.2) is 52.1 Å². The summed E-state index contributed by atoms with van der Waals surface area (Å²) in [6.45, 7) is 2.16. The number of rotatable bonds is 4. The Morgan fingerprint density at radius 1 is 1.00 bits per heavy atom. The van der Waals surface area contributed by atoms with Gasteiger partial charge >= 0.3 is 0 Å². The molecule has 0 saturated carbocycles. The minimum atomic E-state index is -0.484. The highest BCUT2D eigenvalue weighted by Crippen LogP contribution is 2.21. The molecule has 3 aromatic rings. The number of nitro benzene ring substituents is 1. The normalized spacial score (nSPS) is 14.1. The van der Waals surface area contributed by atoms with Gasteiger partial charge in [-0.25, -0.2) is 0 Å². The van der Waals surface area contributed by atoms with E-state index >= 15 is 0 Å². The summed E-state index contributed by atoms with van der Waals surface area (Å²) in [5.74, 6) is 0.814. The van der Waals surface area contributed by atoms with Crippen LogP contribution in [0, 0.1) is 10.1 Å². The SMILES string of the molecule is O=C(c1ccc([N+](=O)[O-])cc1)N1CCN(c2noc(-c3ccccc3)n2)CC1. The first-order valence-corrected chi connectivity index (χ1v) is 8.79. The molecule has 9 heteroatoms. The van der Waals surface area contributed by atoms with Crippen LogP contribution in [0.4, 0.5) is 11.6 Å². The molecule has 0 bridgehead atoms. The van der Waals surface area contributed by atoms with Crippen molar-refractivity contribution >= 4 is 17.5 Å². The number of amides is 1. The summed E-state index contributed by atoms with van der Waals surface area (Å²) < 4.78 is 5.34. The molecule has 142 valence electrons. The number of carbonyl (C=O) groups is 1. The second kappa shape index (κ2) is 7.47. The molecule has 0 spiro atoms. The minimum Gasteiger partial charge on any atom is -0.335 e. The maximum absolute atomic E-state index is 12.6. The van der Waals surface area contributed by atoms with Crippen molar-refractivity contribution in [1.82, 2.24) is 15.0 Å². The summed E-state index contributed by atoms with van der Waals surface area (Å²) in [7, 11) is 0. The van der Waals surface area contributed by atoms with Crippen LogP contribution < -0.4 is 4.90 Å². The molecule has 1 aromatic heterocycles. The fourth-order valence-corrected chi connectivity index (χ4v) is 3.06. The standard InChI is InChI=1S/C19H17N5O4/c25-18(15-6-8-16(9-7-15)24(26)27)22-10-12-23(13-11-22)19-20-17(28-21-19)14-4-2-1-3-5-14/h1-9H,10-13H2. The summed E-state index contributed by atoms with van der Waals surface area (Å²) in [5, 5.41) is 14.8. The Labute approximate surface area is 160 Å². The fourth-order valence-electron chi connectivity index (χ4n) is 3.06. The number of hydrogen-bond donors (Lipinski definition) is 0. The van der Waals surface area contributed by atoms with E-state index in [1.165, 1.54) is 24.3 Å². The van der Waals surface area contributed by atoms with Gasteiger partial charge in [-0.1, -0.05) is 18.2 Å². The largest absolute Gasteiger partial charge is 0.335 e. The van der Waals surface area contributed by atoms with Gasteiger partial charge in [0.05, 0.1) is 4.92 Å².